The standard InChI is InChI=1S/C12H10ClNO4/c13-8-2-1-3-9(6-8)17-5-4-10-7-11(12(15)16)14-18-10/h1-3,6-7H,4-5H2,(H,15,16). The lowest BCUT2D eigenvalue weighted by atomic mass is 10.3. The van der Waals surface area contributed by atoms with Crippen LogP contribution in [0.25, 0.3) is 0 Å². The third kappa shape index (κ3) is 3.24. The van der Waals surface area contributed by atoms with Crippen molar-refractivity contribution in [2.45, 2.75) is 6.42 Å². The molecule has 0 aliphatic carbocycles. The second kappa shape index (κ2) is 5.55. The van der Waals surface area contributed by atoms with Crippen LogP contribution in [0.5, 0.6) is 5.75 Å². The summed E-state index contributed by atoms with van der Waals surface area (Å²) in [6, 6.07) is 8.40. The van der Waals surface area contributed by atoms with Gasteiger partial charge in [0.15, 0.2) is 5.69 Å². The van der Waals surface area contributed by atoms with Crippen molar-refractivity contribution in [3.05, 3.63) is 46.8 Å². The van der Waals surface area contributed by atoms with Gasteiger partial charge < -0.3 is 14.4 Å². The van der Waals surface area contributed by atoms with E-state index in [2.05, 4.69) is 5.16 Å². The number of rotatable bonds is 5. The Morgan fingerprint density at radius 3 is 2.94 bits per heavy atom. The summed E-state index contributed by atoms with van der Waals surface area (Å²) in [4.78, 5) is 10.6. The minimum atomic E-state index is -1.11. The molecule has 0 saturated carbocycles. The van der Waals surface area contributed by atoms with Gasteiger partial charge in [-0.05, 0) is 18.2 Å². The van der Waals surface area contributed by atoms with Crippen LogP contribution < -0.4 is 4.74 Å². The monoisotopic (exact) mass is 267 g/mol. The Morgan fingerprint density at radius 1 is 1.44 bits per heavy atom. The molecule has 0 unspecified atom stereocenters. The van der Waals surface area contributed by atoms with Gasteiger partial charge in [0.05, 0.1) is 6.61 Å². The summed E-state index contributed by atoms with van der Waals surface area (Å²) in [6.45, 7) is 0.356. The van der Waals surface area contributed by atoms with E-state index < -0.39 is 5.97 Å². The van der Waals surface area contributed by atoms with Gasteiger partial charge in [0.2, 0.25) is 0 Å². The molecule has 0 spiro atoms. The smallest absolute Gasteiger partial charge is 0.358 e. The van der Waals surface area contributed by atoms with Crippen LogP contribution in [0.2, 0.25) is 5.02 Å². The summed E-state index contributed by atoms with van der Waals surface area (Å²) in [5, 5.41) is 12.7. The number of nitrogens with zero attached hydrogens (tertiary/aromatic N) is 1. The van der Waals surface area contributed by atoms with Crippen LogP contribution >= 0.6 is 11.6 Å². The normalized spacial score (nSPS) is 10.3. The fourth-order valence-electron chi connectivity index (χ4n) is 1.36. The van der Waals surface area contributed by atoms with Crippen LogP contribution in [-0.4, -0.2) is 22.8 Å². The highest BCUT2D eigenvalue weighted by Crippen LogP contribution is 2.17. The van der Waals surface area contributed by atoms with Gasteiger partial charge in [0.25, 0.3) is 0 Å². The van der Waals surface area contributed by atoms with Crippen molar-refractivity contribution < 1.29 is 19.2 Å². The van der Waals surface area contributed by atoms with Crippen LogP contribution in [0.15, 0.2) is 34.9 Å². The molecule has 18 heavy (non-hydrogen) atoms. The molecule has 94 valence electrons. The fourth-order valence-corrected chi connectivity index (χ4v) is 1.54. The summed E-state index contributed by atoms with van der Waals surface area (Å²) in [6.07, 6.45) is 0.437. The number of carboxylic acids is 1. The molecule has 1 heterocycles. The van der Waals surface area contributed by atoms with Gasteiger partial charge in [0, 0.05) is 17.5 Å². The second-order valence-electron chi connectivity index (χ2n) is 3.54. The van der Waals surface area contributed by atoms with Gasteiger partial charge in [-0.1, -0.05) is 22.8 Å². The summed E-state index contributed by atoms with van der Waals surface area (Å²) >= 11 is 5.81. The Morgan fingerprint density at radius 2 is 2.28 bits per heavy atom. The summed E-state index contributed by atoms with van der Waals surface area (Å²) < 4.78 is 10.3. The Balaban J connectivity index is 1.86. The van der Waals surface area contributed by atoms with E-state index in [1.807, 2.05) is 0 Å². The minimum Gasteiger partial charge on any atom is -0.493 e. The molecule has 0 radical (unpaired) electrons. The van der Waals surface area contributed by atoms with Crippen molar-refractivity contribution in [2.24, 2.45) is 0 Å². The lowest BCUT2D eigenvalue weighted by molar-refractivity contribution is 0.0685. The van der Waals surface area contributed by atoms with Gasteiger partial charge in [-0.15, -0.1) is 0 Å². The third-order valence-corrected chi connectivity index (χ3v) is 2.43. The van der Waals surface area contributed by atoms with E-state index in [-0.39, 0.29) is 5.69 Å². The van der Waals surface area contributed by atoms with E-state index in [0.29, 0.717) is 29.6 Å². The first-order valence-corrected chi connectivity index (χ1v) is 5.60. The highest BCUT2D eigenvalue weighted by molar-refractivity contribution is 6.30. The summed E-state index contributed by atoms with van der Waals surface area (Å²) in [5.41, 5.74) is -0.104. The van der Waals surface area contributed by atoms with Crippen LogP contribution in [0.4, 0.5) is 0 Å². The molecule has 1 N–H and O–H groups in total. The largest absolute Gasteiger partial charge is 0.493 e. The first-order valence-electron chi connectivity index (χ1n) is 5.22. The minimum absolute atomic E-state index is 0.104. The van der Waals surface area contributed by atoms with Gasteiger partial charge >= 0.3 is 5.97 Å². The topological polar surface area (TPSA) is 72.6 Å². The Kier molecular flexibility index (Phi) is 3.84. The molecule has 0 aliphatic heterocycles. The number of halogens is 1. The number of hydrogen-bond acceptors (Lipinski definition) is 4. The van der Waals surface area contributed by atoms with Gasteiger partial charge in [-0.2, -0.15) is 0 Å². The molecule has 0 amide bonds. The zero-order valence-electron chi connectivity index (χ0n) is 9.30. The molecule has 0 bridgehead atoms. The second-order valence-corrected chi connectivity index (χ2v) is 3.98. The van der Waals surface area contributed by atoms with E-state index >= 15 is 0 Å². The number of aromatic nitrogens is 1. The lowest BCUT2D eigenvalue weighted by Crippen LogP contribution is -2.00. The van der Waals surface area contributed by atoms with E-state index in [1.165, 1.54) is 6.07 Å². The molecule has 0 atom stereocenters. The molecule has 2 aromatic rings. The van der Waals surface area contributed by atoms with Crippen LogP contribution in [0.1, 0.15) is 16.2 Å². The van der Waals surface area contributed by atoms with Crippen molar-refractivity contribution in [1.29, 1.82) is 0 Å². The Labute approximate surface area is 108 Å². The zero-order chi connectivity index (χ0) is 13.0. The molecule has 0 aliphatic rings. The van der Waals surface area contributed by atoms with Crippen molar-refractivity contribution in [1.82, 2.24) is 5.16 Å². The molecule has 1 aromatic carbocycles. The van der Waals surface area contributed by atoms with Crippen molar-refractivity contribution in [3.8, 4) is 5.75 Å². The lowest BCUT2D eigenvalue weighted by Gasteiger charge is -2.04. The zero-order valence-corrected chi connectivity index (χ0v) is 10.1. The van der Waals surface area contributed by atoms with Gasteiger partial charge in [-0.3, -0.25) is 0 Å². The van der Waals surface area contributed by atoms with Crippen LogP contribution in [0.3, 0.4) is 0 Å². The maximum Gasteiger partial charge on any atom is 0.358 e. The summed E-state index contributed by atoms with van der Waals surface area (Å²) in [5.74, 6) is 0.00987. The highest BCUT2D eigenvalue weighted by atomic mass is 35.5. The fraction of sp³-hybridized carbons (Fsp3) is 0.167. The predicted molar refractivity (Wildman–Crippen MR) is 64.1 cm³/mol. The molecule has 2 rings (SSSR count). The van der Waals surface area contributed by atoms with E-state index in [9.17, 15) is 4.79 Å². The van der Waals surface area contributed by atoms with Crippen LogP contribution in [0, 0.1) is 0 Å². The average molecular weight is 268 g/mol. The first kappa shape index (κ1) is 12.4. The molecular formula is C12H10ClNO4. The van der Waals surface area contributed by atoms with E-state index in [0.717, 1.165) is 0 Å². The van der Waals surface area contributed by atoms with Gasteiger partial charge in [0.1, 0.15) is 11.5 Å². The number of carbonyl (C=O) groups is 1. The van der Waals surface area contributed by atoms with Gasteiger partial charge in [-0.25, -0.2) is 4.79 Å². The predicted octanol–water partition coefficient (Wildman–Crippen LogP) is 2.65. The Bertz CT molecular complexity index is 553. The Hall–Kier alpha value is -2.01. The number of carboxylic acid groups (broad SMARTS) is 1. The quantitative estimate of drug-likeness (QED) is 0.901. The van der Waals surface area contributed by atoms with Crippen LogP contribution in [-0.2, 0) is 6.42 Å². The van der Waals surface area contributed by atoms with Crippen molar-refractivity contribution >= 4 is 17.6 Å². The van der Waals surface area contributed by atoms with Crippen molar-refractivity contribution in [2.75, 3.05) is 6.61 Å². The number of ether oxygens (including phenoxy) is 1. The first-order chi connectivity index (χ1) is 8.65. The van der Waals surface area contributed by atoms with Crippen molar-refractivity contribution in [3.63, 3.8) is 0 Å². The van der Waals surface area contributed by atoms with E-state index in [4.69, 9.17) is 26.0 Å². The molecular weight excluding hydrogens is 258 g/mol. The molecule has 0 saturated heterocycles. The number of aromatic carboxylic acids is 1. The molecule has 6 heteroatoms. The highest BCUT2D eigenvalue weighted by Gasteiger charge is 2.10. The third-order valence-electron chi connectivity index (χ3n) is 2.19. The average Bonchev–Trinajstić information content (AvgIpc) is 2.78. The molecule has 1 aromatic heterocycles. The summed E-state index contributed by atoms with van der Waals surface area (Å²) in [7, 11) is 0. The maximum absolute atomic E-state index is 10.6. The SMILES string of the molecule is O=C(O)c1cc(CCOc2cccc(Cl)c2)on1. The van der Waals surface area contributed by atoms with E-state index in [1.54, 1.807) is 24.3 Å². The number of hydrogen-bond donors (Lipinski definition) is 1. The molecule has 5 nitrogen and oxygen atoms in total. The molecule has 0 fully saturated rings. The number of benzene rings is 1. The maximum atomic E-state index is 10.6.